The molecule has 0 atom stereocenters. The van der Waals surface area contributed by atoms with E-state index in [2.05, 4.69) is 15.2 Å². The lowest BCUT2D eigenvalue weighted by Gasteiger charge is -2.26. The summed E-state index contributed by atoms with van der Waals surface area (Å²) in [7, 11) is 0. The minimum absolute atomic E-state index is 0.0562. The molecule has 7 nitrogen and oxygen atoms in total. The second-order valence-corrected chi connectivity index (χ2v) is 7.53. The zero-order valence-electron chi connectivity index (χ0n) is 17.3. The van der Waals surface area contributed by atoms with E-state index in [-0.39, 0.29) is 5.91 Å². The number of amides is 1. The maximum absolute atomic E-state index is 12.3. The van der Waals surface area contributed by atoms with E-state index in [1.54, 1.807) is 12.1 Å². The van der Waals surface area contributed by atoms with Crippen molar-refractivity contribution in [2.75, 3.05) is 39.4 Å². The highest BCUT2D eigenvalue weighted by atomic mass is 16.5. The number of nitrogens with one attached hydrogen (secondary N) is 1. The number of imidazole rings is 1. The first kappa shape index (κ1) is 20.4. The third-order valence-corrected chi connectivity index (χ3v) is 5.27. The Morgan fingerprint density at radius 1 is 1.20 bits per heavy atom. The van der Waals surface area contributed by atoms with Crippen molar-refractivity contribution in [2.24, 2.45) is 0 Å². The maximum Gasteiger partial charge on any atom is 0.251 e. The first-order valence-corrected chi connectivity index (χ1v) is 10.4. The van der Waals surface area contributed by atoms with E-state index in [4.69, 9.17) is 9.47 Å². The summed E-state index contributed by atoms with van der Waals surface area (Å²) in [5, 5.41) is 2.99. The second-order valence-electron chi connectivity index (χ2n) is 7.53. The summed E-state index contributed by atoms with van der Waals surface area (Å²) in [6, 6.07) is 11.3. The van der Waals surface area contributed by atoms with Gasteiger partial charge in [-0.2, -0.15) is 0 Å². The van der Waals surface area contributed by atoms with Crippen LogP contribution in [0.15, 0.2) is 48.8 Å². The predicted octanol–water partition coefficient (Wildman–Crippen LogP) is 2.67. The fraction of sp³-hybridized carbons (Fsp3) is 0.391. The molecule has 0 aliphatic carbocycles. The molecule has 1 aromatic carbocycles. The van der Waals surface area contributed by atoms with Crippen LogP contribution in [0.25, 0.3) is 5.65 Å². The number of carbonyl (C=O) groups excluding carboxylic acids is 1. The van der Waals surface area contributed by atoms with Gasteiger partial charge in [0, 0.05) is 37.6 Å². The van der Waals surface area contributed by atoms with Gasteiger partial charge in [0.25, 0.3) is 5.91 Å². The number of aryl methyl sites for hydroxylation is 1. The quantitative estimate of drug-likeness (QED) is 0.581. The normalized spacial score (nSPS) is 14.7. The summed E-state index contributed by atoms with van der Waals surface area (Å²) in [5.41, 5.74) is 3.57. The molecule has 0 unspecified atom stereocenters. The number of fused-ring (bicyclic) bond motifs is 1. The van der Waals surface area contributed by atoms with Crippen LogP contribution in [-0.4, -0.2) is 59.6 Å². The van der Waals surface area contributed by atoms with E-state index in [9.17, 15) is 4.79 Å². The fourth-order valence-electron chi connectivity index (χ4n) is 3.57. The van der Waals surface area contributed by atoms with Crippen LogP contribution in [0.5, 0.6) is 5.75 Å². The summed E-state index contributed by atoms with van der Waals surface area (Å²) in [5.74, 6) is 0.659. The lowest BCUT2D eigenvalue weighted by molar-refractivity contribution is 0.0374. The van der Waals surface area contributed by atoms with Gasteiger partial charge in [-0.3, -0.25) is 9.69 Å². The molecule has 30 heavy (non-hydrogen) atoms. The lowest BCUT2D eigenvalue weighted by Crippen LogP contribution is -2.38. The van der Waals surface area contributed by atoms with Crippen LogP contribution >= 0.6 is 0 Å². The number of benzene rings is 1. The molecule has 0 saturated carbocycles. The Labute approximate surface area is 176 Å². The zero-order valence-corrected chi connectivity index (χ0v) is 17.3. The van der Waals surface area contributed by atoms with Crippen molar-refractivity contribution < 1.29 is 14.3 Å². The molecule has 1 aliphatic rings. The van der Waals surface area contributed by atoms with Crippen LogP contribution in [0.2, 0.25) is 0 Å². The number of aromatic nitrogens is 2. The minimum Gasteiger partial charge on any atom is -0.487 e. The molecular formula is C23H28N4O3. The van der Waals surface area contributed by atoms with Crippen molar-refractivity contribution in [3.63, 3.8) is 0 Å². The van der Waals surface area contributed by atoms with Crippen molar-refractivity contribution in [1.82, 2.24) is 19.6 Å². The van der Waals surface area contributed by atoms with Crippen LogP contribution in [-0.2, 0) is 11.3 Å². The molecule has 4 rings (SSSR count). The van der Waals surface area contributed by atoms with Gasteiger partial charge in [-0.15, -0.1) is 0 Å². The molecule has 1 aliphatic heterocycles. The molecule has 3 aromatic rings. The van der Waals surface area contributed by atoms with E-state index >= 15 is 0 Å². The van der Waals surface area contributed by atoms with Gasteiger partial charge in [0.2, 0.25) is 0 Å². The van der Waals surface area contributed by atoms with Gasteiger partial charge >= 0.3 is 0 Å². The Bertz CT molecular complexity index is 978. The molecule has 1 N–H and O–H groups in total. The summed E-state index contributed by atoms with van der Waals surface area (Å²) in [4.78, 5) is 19.3. The molecule has 0 bridgehead atoms. The largest absolute Gasteiger partial charge is 0.487 e. The molecule has 1 saturated heterocycles. The topological polar surface area (TPSA) is 68.1 Å². The van der Waals surface area contributed by atoms with E-state index < -0.39 is 0 Å². The van der Waals surface area contributed by atoms with Crippen molar-refractivity contribution in [2.45, 2.75) is 20.0 Å². The first-order valence-electron chi connectivity index (χ1n) is 10.4. The van der Waals surface area contributed by atoms with E-state index in [0.717, 1.165) is 56.2 Å². The zero-order chi connectivity index (χ0) is 20.8. The monoisotopic (exact) mass is 408 g/mol. The summed E-state index contributed by atoms with van der Waals surface area (Å²) < 4.78 is 13.2. The van der Waals surface area contributed by atoms with Gasteiger partial charge in [0.15, 0.2) is 0 Å². The molecule has 158 valence electrons. The number of hydrogen-bond acceptors (Lipinski definition) is 5. The van der Waals surface area contributed by atoms with Crippen molar-refractivity contribution in [3.8, 4) is 5.75 Å². The lowest BCUT2D eigenvalue weighted by atomic mass is 10.2. The molecule has 1 amide bonds. The number of carbonyl (C=O) groups is 1. The molecule has 0 spiro atoms. The van der Waals surface area contributed by atoms with Gasteiger partial charge in [0.1, 0.15) is 18.0 Å². The van der Waals surface area contributed by atoms with Gasteiger partial charge in [-0.05, 0) is 55.8 Å². The van der Waals surface area contributed by atoms with Gasteiger partial charge in [0.05, 0.1) is 18.9 Å². The Morgan fingerprint density at radius 2 is 2.00 bits per heavy atom. The maximum atomic E-state index is 12.3. The second kappa shape index (κ2) is 9.73. The molecular weight excluding hydrogens is 380 g/mol. The van der Waals surface area contributed by atoms with Gasteiger partial charge in [-0.1, -0.05) is 6.07 Å². The first-order chi connectivity index (χ1) is 14.7. The Hall–Kier alpha value is -2.90. The van der Waals surface area contributed by atoms with Crippen LogP contribution < -0.4 is 10.1 Å². The van der Waals surface area contributed by atoms with Crippen LogP contribution in [0, 0.1) is 6.92 Å². The molecule has 0 radical (unpaired) electrons. The number of rotatable bonds is 8. The number of morpholine rings is 1. The third-order valence-electron chi connectivity index (χ3n) is 5.27. The van der Waals surface area contributed by atoms with Crippen LogP contribution in [0.3, 0.4) is 0 Å². The number of nitrogens with zero attached hydrogens (tertiary/aromatic N) is 3. The SMILES string of the molecule is Cc1cccn2cc(COc3ccc(C(=O)NCCCN4CCOCC4)cc3)nc12. The van der Waals surface area contributed by atoms with Crippen molar-refractivity contribution >= 4 is 11.6 Å². The number of ether oxygens (including phenoxy) is 2. The minimum atomic E-state index is -0.0562. The third kappa shape index (κ3) is 5.17. The van der Waals surface area contributed by atoms with E-state index in [0.29, 0.717) is 24.5 Å². The van der Waals surface area contributed by atoms with E-state index in [1.807, 2.05) is 48.0 Å². The highest BCUT2D eigenvalue weighted by molar-refractivity contribution is 5.94. The Balaban J connectivity index is 1.22. The fourth-order valence-corrected chi connectivity index (χ4v) is 3.57. The van der Waals surface area contributed by atoms with Crippen molar-refractivity contribution in [3.05, 3.63) is 65.6 Å². The van der Waals surface area contributed by atoms with Gasteiger partial charge < -0.3 is 19.2 Å². The summed E-state index contributed by atoms with van der Waals surface area (Å²) in [6.07, 6.45) is 4.89. The Kier molecular flexibility index (Phi) is 6.61. The Morgan fingerprint density at radius 3 is 2.77 bits per heavy atom. The predicted molar refractivity (Wildman–Crippen MR) is 115 cm³/mol. The molecule has 2 aromatic heterocycles. The van der Waals surface area contributed by atoms with Crippen LogP contribution in [0.4, 0.5) is 0 Å². The molecule has 1 fully saturated rings. The standard InChI is InChI=1S/C23H28N4O3/c1-18-4-2-11-27-16-20(25-22(18)27)17-30-21-7-5-19(6-8-21)23(28)24-9-3-10-26-12-14-29-15-13-26/h2,4-8,11,16H,3,9-10,12-15,17H2,1H3,(H,24,28). The highest BCUT2D eigenvalue weighted by Crippen LogP contribution is 2.15. The summed E-state index contributed by atoms with van der Waals surface area (Å²) in [6.45, 7) is 7.64. The van der Waals surface area contributed by atoms with Crippen LogP contribution in [0.1, 0.15) is 28.0 Å². The van der Waals surface area contributed by atoms with Crippen molar-refractivity contribution in [1.29, 1.82) is 0 Å². The van der Waals surface area contributed by atoms with Gasteiger partial charge in [-0.25, -0.2) is 4.98 Å². The van der Waals surface area contributed by atoms with E-state index in [1.165, 1.54) is 0 Å². The average Bonchev–Trinajstić information content (AvgIpc) is 3.21. The highest BCUT2D eigenvalue weighted by Gasteiger charge is 2.10. The summed E-state index contributed by atoms with van der Waals surface area (Å²) >= 11 is 0. The molecule has 7 heteroatoms. The molecule has 3 heterocycles. The smallest absolute Gasteiger partial charge is 0.251 e. The number of pyridine rings is 1. The average molecular weight is 409 g/mol. The number of hydrogen-bond donors (Lipinski definition) is 1.